The van der Waals surface area contributed by atoms with Gasteiger partial charge >= 0.3 is 0 Å². The maximum atomic E-state index is 13.3. The zero-order chi connectivity index (χ0) is 19.8. The van der Waals surface area contributed by atoms with Gasteiger partial charge in [0, 0.05) is 28.9 Å². The molecule has 0 spiro atoms. The van der Waals surface area contributed by atoms with Crippen LogP contribution in [-0.4, -0.2) is 26.5 Å². The van der Waals surface area contributed by atoms with E-state index >= 15 is 0 Å². The van der Waals surface area contributed by atoms with E-state index in [4.69, 9.17) is 11.6 Å². The van der Waals surface area contributed by atoms with Crippen LogP contribution in [0.4, 0.5) is 4.39 Å². The lowest BCUT2D eigenvalue weighted by molar-refractivity contribution is 0.0939. The van der Waals surface area contributed by atoms with E-state index < -0.39 is 0 Å². The maximum Gasteiger partial charge on any atom is 0.256 e. The van der Waals surface area contributed by atoms with Crippen LogP contribution in [-0.2, 0) is 6.42 Å². The van der Waals surface area contributed by atoms with Crippen LogP contribution >= 0.6 is 11.6 Å². The number of amides is 1. The fourth-order valence-electron chi connectivity index (χ4n) is 3.92. The van der Waals surface area contributed by atoms with Crippen LogP contribution in [0.5, 0.6) is 0 Å². The van der Waals surface area contributed by atoms with E-state index in [9.17, 15) is 9.18 Å². The van der Waals surface area contributed by atoms with Gasteiger partial charge in [-0.3, -0.25) is 4.79 Å². The number of carbonyl (C=O) groups is 1. The van der Waals surface area contributed by atoms with Crippen LogP contribution in [0, 0.1) is 19.7 Å². The highest BCUT2D eigenvalue weighted by Gasteiger charge is 2.22. The van der Waals surface area contributed by atoms with Gasteiger partial charge in [0.05, 0.1) is 6.20 Å². The predicted octanol–water partition coefficient (Wildman–Crippen LogP) is 4.40. The Bertz CT molecular complexity index is 1060. The van der Waals surface area contributed by atoms with Crippen molar-refractivity contribution in [1.82, 2.24) is 19.9 Å². The second-order valence-electron chi connectivity index (χ2n) is 7.42. The van der Waals surface area contributed by atoms with E-state index in [1.54, 1.807) is 16.8 Å². The summed E-state index contributed by atoms with van der Waals surface area (Å²) < 4.78 is 15.0. The minimum Gasteiger partial charge on any atom is -0.349 e. The molecule has 1 amide bonds. The van der Waals surface area contributed by atoms with Gasteiger partial charge in [0.1, 0.15) is 11.4 Å². The first kappa shape index (κ1) is 18.9. The molecular formula is C21H22ClFN4O. The Labute approximate surface area is 167 Å². The summed E-state index contributed by atoms with van der Waals surface area (Å²) in [5.74, 6) is -0.483. The number of halogens is 2. The molecule has 1 aliphatic rings. The van der Waals surface area contributed by atoms with E-state index in [1.807, 2.05) is 13.8 Å². The molecule has 2 aromatic heterocycles. The number of benzene rings is 1. The molecule has 1 fully saturated rings. The van der Waals surface area contributed by atoms with Gasteiger partial charge < -0.3 is 5.32 Å². The summed E-state index contributed by atoms with van der Waals surface area (Å²) in [5.41, 5.74) is 4.53. The van der Waals surface area contributed by atoms with Crippen molar-refractivity contribution in [1.29, 1.82) is 0 Å². The fourth-order valence-corrected chi connectivity index (χ4v) is 4.15. The molecule has 3 aromatic rings. The van der Waals surface area contributed by atoms with Crippen molar-refractivity contribution in [2.45, 2.75) is 52.0 Å². The van der Waals surface area contributed by atoms with Gasteiger partial charge in [-0.05, 0) is 49.9 Å². The van der Waals surface area contributed by atoms with Crippen molar-refractivity contribution in [3.05, 3.63) is 63.3 Å². The van der Waals surface area contributed by atoms with E-state index in [1.165, 1.54) is 12.1 Å². The van der Waals surface area contributed by atoms with Gasteiger partial charge in [-0.15, -0.1) is 0 Å². The summed E-state index contributed by atoms with van der Waals surface area (Å²) >= 11 is 6.19. The van der Waals surface area contributed by atoms with Gasteiger partial charge in [-0.2, -0.15) is 5.10 Å². The molecule has 1 aliphatic carbocycles. The van der Waals surface area contributed by atoms with Crippen molar-refractivity contribution in [3.8, 4) is 0 Å². The van der Waals surface area contributed by atoms with Crippen molar-refractivity contribution >= 4 is 23.2 Å². The van der Waals surface area contributed by atoms with E-state index in [2.05, 4.69) is 15.4 Å². The lowest BCUT2D eigenvalue weighted by atomic mass is 10.0. The number of nitrogens with zero attached hydrogens (tertiary/aromatic N) is 3. The van der Waals surface area contributed by atoms with Crippen molar-refractivity contribution < 1.29 is 9.18 Å². The molecule has 28 heavy (non-hydrogen) atoms. The summed E-state index contributed by atoms with van der Waals surface area (Å²) in [6.07, 6.45) is 6.46. The number of hydrogen-bond acceptors (Lipinski definition) is 3. The number of carbonyl (C=O) groups excluding carboxylic acids is 1. The number of fused-ring (bicyclic) bond motifs is 1. The molecule has 0 atom stereocenters. The summed E-state index contributed by atoms with van der Waals surface area (Å²) in [6, 6.07) is 4.64. The van der Waals surface area contributed by atoms with Crippen molar-refractivity contribution in [2.75, 3.05) is 0 Å². The molecule has 1 aromatic carbocycles. The molecule has 0 unspecified atom stereocenters. The molecule has 146 valence electrons. The number of rotatable bonds is 4. The molecule has 2 heterocycles. The molecule has 5 nitrogen and oxygen atoms in total. The summed E-state index contributed by atoms with van der Waals surface area (Å²) in [7, 11) is 0. The minimum atomic E-state index is -0.360. The van der Waals surface area contributed by atoms with E-state index in [-0.39, 0.29) is 17.8 Å². The van der Waals surface area contributed by atoms with Crippen LogP contribution in [0.15, 0.2) is 24.4 Å². The van der Waals surface area contributed by atoms with Crippen LogP contribution in [0.25, 0.3) is 5.65 Å². The molecule has 4 rings (SSSR count). The van der Waals surface area contributed by atoms with Gasteiger partial charge in [0.15, 0.2) is 5.65 Å². The van der Waals surface area contributed by atoms with Crippen molar-refractivity contribution in [2.24, 2.45) is 0 Å². The third-order valence-corrected chi connectivity index (χ3v) is 5.88. The third-order valence-electron chi connectivity index (χ3n) is 5.53. The van der Waals surface area contributed by atoms with Crippen LogP contribution in [0.3, 0.4) is 0 Å². The summed E-state index contributed by atoms with van der Waals surface area (Å²) in [6.45, 7) is 3.85. The first-order chi connectivity index (χ1) is 13.4. The number of aromatic nitrogens is 3. The van der Waals surface area contributed by atoms with Gasteiger partial charge in [0.25, 0.3) is 5.91 Å². The van der Waals surface area contributed by atoms with E-state index in [0.29, 0.717) is 22.7 Å². The highest BCUT2D eigenvalue weighted by atomic mass is 35.5. The number of hydrogen-bond donors (Lipinski definition) is 1. The highest BCUT2D eigenvalue weighted by molar-refractivity contribution is 6.31. The summed E-state index contributed by atoms with van der Waals surface area (Å²) in [5, 5.41) is 7.87. The molecule has 1 N–H and O–H groups in total. The minimum absolute atomic E-state index is 0.123. The van der Waals surface area contributed by atoms with Crippen LogP contribution in [0.1, 0.15) is 58.6 Å². The Morgan fingerprint density at radius 3 is 2.79 bits per heavy atom. The van der Waals surface area contributed by atoms with Gasteiger partial charge in [0.2, 0.25) is 0 Å². The Kier molecular flexibility index (Phi) is 5.06. The Morgan fingerprint density at radius 2 is 2.07 bits per heavy atom. The molecule has 1 saturated carbocycles. The van der Waals surface area contributed by atoms with E-state index in [0.717, 1.165) is 48.2 Å². The van der Waals surface area contributed by atoms with Crippen molar-refractivity contribution in [3.63, 3.8) is 0 Å². The monoisotopic (exact) mass is 400 g/mol. The Balaban J connectivity index is 1.68. The lowest BCUT2D eigenvalue weighted by Crippen LogP contribution is -2.32. The SMILES string of the molecule is Cc1nc2c(C(=O)NC3CCCC3)cnn2c(C)c1Cc1ccc(F)cc1Cl. The molecule has 0 saturated heterocycles. The number of aryl methyl sites for hydroxylation is 2. The Hall–Kier alpha value is -2.47. The van der Waals surface area contributed by atoms with Crippen LogP contribution < -0.4 is 5.32 Å². The average Bonchev–Trinajstić information content (AvgIpc) is 3.30. The zero-order valence-electron chi connectivity index (χ0n) is 15.9. The largest absolute Gasteiger partial charge is 0.349 e. The average molecular weight is 401 g/mol. The Morgan fingerprint density at radius 1 is 1.32 bits per heavy atom. The highest BCUT2D eigenvalue weighted by Crippen LogP contribution is 2.25. The maximum absolute atomic E-state index is 13.3. The first-order valence-electron chi connectivity index (χ1n) is 9.52. The smallest absolute Gasteiger partial charge is 0.256 e. The third kappa shape index (κ3) is 3.49. The number of nitrogens with one attached hydrogen (secondary N) is 1. The quantitative estimate of drug-likeness (QED) is 0.706. The van der Waals surface area contributed by atoms with Gasteiger partial charge in [-0.1, -0.05) is 30.5 Å². The molecule has 7 heteroatoms. The second kappa shape index (κ2) is 7.51. The zero-order valence-corrected chi connectivity index (χ0v) is 16.7. The first-order valence-corrected chi connectivity index (χ1v) is 9.90. The second-order valence-corrected chi connectivity index (χ2v) is 7.83. The van der Waals surface area contributed by atoms with Gasteiger partial charge in [-0.25, -0.2) is 13.9 Å². The molecule has 0 radical (unpaired) electrons. The standard InChI is InChI=1S/C21H22ClFN4O/c1-12-17(9-14-7-8-15(23)10-19(14)22)13(2)27-20(25-12)18(11-24-27)21(28)26-16-5-3-4-6-16/h7-8,10-11,16H,3-6,9H2,1-2H3,(H,26,28). The predicted molar refractivity (Wildman–Crippen MR) is 106 cm³/mol. The lowest BCUT2D eigenvalue weighted by Gasteiger charge is -2.13. The fraction of sp³-hybridized carbons (Fsp3) is 0.381. The molecular weight excluding hydrogens is 379 g/mol. The summed E-state index contributed by atoms with van der Waals surface area (Å²) in [4.78, 5) is 17.4. The molecule has 0 bridgehead atoms. The molecule has 0 aliphatic heterocycles. The normalized spacial score (nSPS) is 14.7. The van der Waals surface area contributed by atoms with Crippen LogP contribution in [0.2, 0.25) is 5.02 Å². The topological polar surface area (TPSA) is 59.3 Å².